The summed E-state index contributed by atoms with van der Waals surface area (Å²) in [5.41, 5.74) is 16.6. The second-order valence-corrected chi connectivity index (χ2v) is 5.30. The molecule has 0 unspecified atom stereocenters. The molecule has 0 saturated heterocycles. The molecule has 0 atom stereocenters. The van der Waals surface area contributed by atoms with Crippen LogP contribution in [-0.2, 0) is 5.75 Å². The number of rotatable bonds is 7. The molecule has 0 bridgehead atoms. The molecule has 12 heteroatoms. The molecule has 0 fully saturated rings. The van der Waals surface area contributed by atoms with Crippen molar-refractivity contribution in [3.63, 3.8) is 0 Å². The van der Waals surface area contributed by atoms with Gasteiger partial charge in [-0.05, 0) is 0 Å². The number of thiazole rings is 1. The van der Waals surface area contributed by atoms with Gasteiger partial charge in [0.15, 0.2) is 11.0 Å². The molecular weight excluding hydrogens is 304 g/mol. The van der Waals surface area contributed by atoms with Crippen LogP contribution in [0, 0.1) is 10.1 Å². The highest BCUT2D eigenvalue weighted by Crippen LogP contribution is 2.21. The molecule has 10 nitrogen and oxygen atoms in total. The van der Waals surface area contributed by atoms with Crippen molar-refractivity contribution in [1.82, 2.24) is 10.3 Å². The highest BCUT2D eigenvalue weighted by molar-refractivity contribution is 7.98. The third-order valence-electron chi connectivity index (χ3n) is 1.76. The van der Waals surface area contributed by atoms with Crippen LogP contribution in [0.2, 0.25) is 0 Å². The lowest BCUT2D eigenvalue weighted by atomic mass is 10.6. The maximum Gasteiger partial charge on any atom is 0.266 e. The molecule has 20 heavy (non-hydrogen) atoms. The van der Waals surface area contributed by atoms with Gasteiger partial charge in [0.25, 0.3) is 5.96 Å². The Kier molecular flexibility index (Phi) is 6.52. The third kappa shape index (κ3) is 6.75. The second kappa shape index (κ2) is 8.16. The summed E-state index contributed by atoms with van der Waals surface area (Å²) in [7, 11) is 0. The third-order valence-corrected chi connectivity index (χ3v) is 3.53. The van der Waals surface area contributed by atoms with E-state index in [2.05, 4.69) is 20.4 Å². The minimum atomic E-state index is -0.851. The van der Waals surface area contributed by atoms with Crippen LogP contribution in [0.1, 0.15) is 5.69 Å². The van der Waals surface area contributed by atoms with E-state index < -0.39 is 5.03 Å². The summed E-state index contributed by atoms with van der Waals surface area (Å²) in [5, 5.41) is 17.1. The molecule has 1 aromatic rings. The number of nitrogens with one attached hydrogen (secondary N) is 1. The minimum Gasteiger partial charge on any atom is -0.370 e. The summed E-state index contributed by atoms with van der Waals surface area (Å²) in [6.45, 7) is 0.471. The van der Waals surface area contributed by atoms with Crippen LogP contribution < -0.4 is 22.5 Å². The lowest BCUT2D eigenvalue weighted by molar-refractivity contribution is -0.485. The number of hydrazone groups is 1. The van der Waals surface area contributed by atoms with E-state index in [1.165, 1.54) is 11.3 Å². The van der Waals surface area contributed by atoms with Gasteiger partial charge in [-0.25, -0.2) is 15.1 Å². The van der Waals surface area contributed by atoms with E-state index in [0.29, 0.717) is 23.2 Å². The van der Waals surface area contributed by atoms with Crippen molar-refractivity contribution in [3.05, 3.63) is 21.2 Å². The van der Waals surface area contributed by atoms with Gasteiger partial charge < -0.3 is 22.5 Å². The number of guanidine groups is 2. The van der Waals surface area contributed by atoms with Crippen LogP contribution >= 0.6 is 23.1 Å². The summed E-state index contributed by atoms with van der Waals surface area (Å²) in [5.74, 6) is 1.15. The quantitative estimate of drug-likeness (QED) is 0.169. The Labute approximate surface area is 122 Å². The standard InChI is InChI=1S/C8H14N8O2S2/c9-6(10)14-8-13-5(4-20-8)3-19-2-1-12-7(11)15-16(17)18/h4H,1-3H2,(H3,11,12,15)(H4,9,10,13,14). The number of nitrogens with zero attached hydrogens (tertiary/aromatic N) is 4. The fourth-order valence-electron chi connectivity index (χ4n) is 1.08. The number of hydrogen-bond acceptors (Lipinski definition) is 6. The summed E-state index contributed by atoms with van der Waals surface area (Å²) >= 11 is 2.94. The van der Waals surface area contributed by atoms with Crippen molar-refractivity contribution in [2.45, 2.75) is 5.75 Å². The van der Waals surface area contributed by atoms with E-state index in [4.69, 9.17) is 17.2 Å². The van der Waals surface area contributed by atoms with Crippen LogP contribution in [-0.4, -0.2) is 34.2 Å². The molecule has 110 valence electrons. The molecular formula is C8H14N8O2S2. The van der Waals surface area contributed by atoms with Crippen molar-refractivity contribution < 1.29 is 5.03 Å². The number of nitrogens with two attached hydrogens (primary N) is 3. The predicted octanol–water partition coefficient (Wildman–Crippen LogP) is -0.623. The van der Waals surface area contributed by atoms with E-state index in [9.17, 15) is 10.1 Å². The molecule has 0 aliphatic heterocycles. The zero-order valence-corrected chi connectivity index (χ0v) is 12.0. The Bertz CT molecular complexity index is 510. The van der Waals surface area contributed by atoms with Gasteiger partial charge in [0, 0.05) is 23.4 Å². The normalized spacial score (nSPS) is 11.1. The average Bonchev–Trinajstić information content (AvgIpc) is 2.74. The van der Waals surface area contributed by atoms with Crippen molar-refractivity contribution >= 4 is 40.1 Å². The molecule has 0 spiro atoms. The Morgan fingerprint density at radius 2 is 2.30 bits per heavy atom. The van der Waals surface area contributed by atoms with Crippen LogP contribution in [0.3, 0.4) is 0 Å². The van der Waals surface area contributed by atoms with E-state index in [-0.39, 0.29) is 11.9 Å². The van der Waals surface area contributed by atoms with Crippen molar-refractivity contribution in [1.29, 1.82) is 0 Å². The first kappa shape index (κ1) is 16.0. The van der Waals surface area contributed by atoms with Crippen LogP contribution in [0.25, 0.3) is 0 Å². The van der Waals surface area contributed by atoms with Gasteiger partial charge in [-0.15, -0.1) is 11.3 Å². The minimum absolute atomic E-state index is 0.0247. The molecule has 0 amide bonds. The maximum absolute atomic E-state index is 10.0. The van der Waals surface area contributed by atoms with Gasteiger partial charge in [0.2, 0.25) is 5.13 Å². The molecule has 0 saturated carbocycles. The number of aromatic nitrogens is 1. The zero-order valence-electron chi connectivity index (χ0n) is 10.4. The average molecular weight is 318 g/mol. The summed E-state index contributed by atoms with van der Waals surface area (Å²) in [6, 6.07) is 0. The van der Waals surface area contributed by atoms with E-state index in [1.807, 2.05) is 5.38 Å². The largest absolute Gasteiger partial charge is 0.370 e. The SMILES string of the molecule is NC(N)=Nc1nc(CSCCN/C(N)=N\[N+](=O)[O-])cs1. The van der Waals surface area contributed by atoms with E-state index in [1.54, 1.807) is 11.8 Å². The summed E-state index contributed by atoms with van der Waals surface area (Å²) in [4.78, 5) is 18.1. The summed E-state index contributed by atoms with van der Waals surface area (Å²) in [6.07, 6.45) is 0. The zero-order chi connectivity index (χ0) is 15.0. The van der Waals surface area contributed by atoms with Gasteiger partial charge in [0.1, 0.15) is 5.10 Å². The number of thioether (sulfide) groups is 1. The topological polar surface area (TPSA) is 171 Å². The molecule has 0 aliphatic carbocycles. The lowest BCUT2D eigenvalue weighted by Gasteiger charge is -2.01. The van der Waals surface area contributed by atoms with Gasteiger partial charge in [0.05, 0.1) is 5.69 Å². The van der Waals surface area contributed by atoms with Gasteiger partial charge in [-0.1, -0.05) is 0 Å². The highest BCUT2D eigenvalue weighted by Gasteiger charge is 2.02. The molecule has 1 heterocycles. The monoisotopic (exact) mass is 318 g/mol. The highest BCUT2D eigenvalue weighted by atomic mass is 32.2. The Morgan fingerprint density at radius 1 is 1.55 bits per heavy atom. The van der Waals surface area contributed by atoms with Crippen LogP contribution in [0.5, 0.6) is 0 Å². The predicted molar refractivity (Wildman–Crippen MR) is 80.4 cm³/mol. The molecule has 0 radical (unpaired) electrons. The van der Waals surface area contributed by atoms with Gasteiger partial charge in [-0.2, -0.15) is 16.8 Å². The second-order valence-electron chi connectivity index (χ2n) is 3.36. The first-order valence-electron chi connectivity index (χ1n) is 5.31. The van der Waals surface area contributed by atoms with Crippen LogP contribution in [0.15, 0.2) is 15.5 Å². The van der Waals surface area contributed by atoms with Crippen molar-refractivity contribution in [3.8, 4) is 0 Å². The smallest absolute Gasteiger partial charge is 0.266 e. The molecule has 1 rings (SSSR count). The Morgan fingerprint density at radius 3 is 2.95 bits per heavy atom. The fraction of sp³-hybridized carbons (Fsp3) is 0.375. The van der Waals surface area contributed by atoms with Crippen LogP contribution in [0.4, 0.5) is 5.13 Å². The molecule has 1 aromatic heterocycles. The molecule has 0 aromatic carbocycles. The number of aliphatic imine (C=N–C) groups is 1. The van der Waals surface area contributed by atoms with E-state index >= 15 is 0 Å². The molecule has 7 N–H and O–H groups in total. The number of hydrogen-bond donors (Lipinski definition) is 4. The van der Waals surface area contributed by atoms with Gasteiger partial charge in [-0.3, -0.25) is 0 Å². The Balaban J connectivity index is 2.23. The molecule has 0 aliphatic rings. The number of nitro groups is 1. The van der Waals surface area contributed by atoms with Crippen molar-refractivity contribution in [2.24, 2.45) is 27.3 Å². The maximum atomic E-state index is 10.0. The lowest BCUT2D eigenvalue weighted by Crippen LogP contribution is -2.34. The van der Waals surface area contributed by atoms with E-state index in [0.717, 1.165) is 5.69 Å². The first-order chi connectivity index (χ1) is 9.47. The van der Waals surface area contributed by atoms with Gasteiger partial charge >= 0.3 is 0 Å². The van der Waals surface area contributed by atoms with Crippen molar-refractivity contribution in [2.75, 3.05) is 12.3 Å². The first-order valence-corrected chi connectivity index (χ1v) is 7.35. The fourth-order valence-corrected chi connectivity index (χ4v) is 2.63. The Hall–Kier alpha value is -2.08. The summed E-state index contributed by atoms with van der Waals surface area (Å²) < 4.78 is 0.